The quantitative estimate of drug-likeness (QED) is 0.423. The normalized spacial score (nSPS) is 11.4. The van der Waals surface area contributed by atoms with E-state index in [0.29, 0.717) is 0 Å². The second kappa shape index (κ2) is 4.77. The SMILES string of the molecule is CC(=O)ON=C(C)Cc1cccs1. The van der Waals surface area contributed by atoms with Crippen LogP contribution in [0.4, 0.5) is 0 Å². The summed E-state index contributed by atoms with van der Waals surface area (Å²) in [6, 6.07) is 4.01. The molecule has 0 bridgehead atoms. The first-order chi connectivity index (χ1) is 6.18. The molecule has 0 N–H and O–H groups in total. The average Bonchev–Trinajstić information content (AvgIpc) is 2.53. The predicted octanol–water partition coefficient (Wildman–Crippen LogP) is 2.23. The van der Waals surface area contributed by atoms with Gasteiger partial charge in [-0.2, -0.15) is 0 Å². The summed E-state index contributed by atoms with van der Waals surface area (Å²) in [4.78, 5) is 16.1. The van der Waals surface area contributed by atoms with Gasteiger partial charge in [0.2, 0.25) is 0 Å². The Hall–Kier alpha value is -1.16. The van der Waals surface area contributed by atoms with Gasteiger partial charge in [0.05, 0.1) is 5.71 Å². The van der Waals surface area contributed by atoms with E-state index < -0.39 is 0 Å². The van der Waals surface area contributed by atoms with E-state index in [4.69, 9.17) is 0 Å². The molecule has 1 aromatic rings. The first-order valence-electron chi connectivity index (χ1n) is 3.92. The van der Waals surface area contributed by atoms with Crippen molar-refractivity contribution >= 4 is 23.0 Å². The number of carbonyl (C=O) groups excluding carboxylic acids is 1. The summed E-state index contributed by atoms with van der Waals surface area (Å²) < 4.78 is 0. The molecule has 0 aliphatic heterocycles. The van der Waals surface area contributed by atoms with Crippen LogP contribution in [0.25, 0.3) is 0 Å². The van der Waals surface area contributed by atoms with Gasteiger partial charge in [0.15, 0.2) is 0 Å². The van der Waals surface area contributed by atoms with E-state index in [1.165, 1.54) is 11.8 Å². The van der Waals surface area contributed by atoms with Crippen LogP contribution in [0.1, 0.15) is 18.7 Å². The summed E-state index contributed by atoms with van der Waals surface area (Å²) in [5.74, 6) is -0.384. The fourth-order valence-corrected chi connectivity index (χ4v) is 1.62. The van der Waals surface area contributed by atoms with Gasteiger partial charge in [-0.05, 0) is 18.4 Å². The largest absolute Gasteiger partial charge is 0.331 e. The Bertz CT molecular complexity index is 303. The maximum atomic E-state index is 10.4. The van der Waals surface area contributed by atoms with Crippen molar-refractivity contribution in [3.63, 3.8) is 0 Å². The standard InChI is InChI=1S/C9H11NO2S/c1-7(10-12-8(2)11)6-9-4-3-5-13-9/h3-5H,6H2,1-2H3. The minimum absolute atomic E-state index is 0.384. The summed E-state index contributed by atoms with van der Waals surface area (Å²) >= 11 is 1.66. The first-order valence-corrected chi connectivity index (χ1v) is 4.80. The number of oxime groups is 1. The van der Waals surface area contributed by atoms with E-state index in [0.717, 1.165) is 12.1 Å². The highest BCUT2D eigenvalue weighted by molar-refractivity contribution is 7.10. The van der Waals surface area contributed by atoms with Gasteiger partial charge in [-0.1, -0.05) is 11.2 Å². The molecule has 0 aromatic carbocycles. The molecular formula is C9H11NO2S. The summed E-state index contributed by atoms with van der Waals surface area (Å²) in [6.07, 6.45) is 0.741. The molecule has 1 rings (SSSR count). The number of nitrogens with zero attached hydrogens (tertiary/aromatic N) is 1. The van der Waals surface area contributed by atoms with Crippen molar-refractivity contribution in [3.8, 4) is 0 Å². The average molecular weight is 197 g/mol. The fraction of sp³-hybridized carbons (Fsp3) is 0.333. The summed E-state index contributed by atoms with van der Waals surface area (Å²) in [5.41, 5.74) is 0.803. The summed E-state index contributed by atoms with van der Waals surface area (Å²) in [5, 5.41) is 5.68. The number of thiophene rings is 1. The van der Waals surface area contributed by atoms with Gasteiger partial charge in [-0.25, -0.2) is 4.79 Å². The van der Waals surface area contributed by atoms with E-state index in [1.54, 1.807) is 11.3 Å². The zero-order chi connectivity index (χ0) is 9.68. The molecule has 0 unspecified atom stereocenters. The Labute approximate surface area is 81.0 Å². The Kier molecular flexibility index (Phi) is 3.64. The number of hydrogen-bond donors (Lipinski definition) is 0. The molecule has 70 valence electrons. The maximum absolute atomic E-state index is 10.4. The maximum Gasteiger partial charge on any atom is 0.331 e. The van der Waals surface area contributed by atoms with Gasteiger partial charge < -0.3 is 4.84 Å². The zero-order valence-electron chi connectivity index (χ0n) is 7.61. The highest BCUT2D eigenvalue weighted by atomic mass is 32.1. The topological polar surface area (TPSA) is 38.7 Å². The van der Waals surface area contributed by atoms with Gasteiger partial charge >= 0.3 is 5.97 Å². The summed E-state index contributed by atoms with van der Waals surface area (Å²) in [7, 11) is 0. The molecule has 1 aromatic heterocycles. The Morgan fingerprint density at radius 1 is 1.62 bits per heavy atom. The van der Waals surface area contributed by atoms with E-state index >= 15 is 0 Å². The lowest BCUT2D eigenvalue weighted by Crippen LogP contribution is -1.99. The van der Waals surface area contributed by atoms with E-state index in [2.05, 4.69) is 9.99 Å². The van der Waals surface area contributed by atoms with E-state index in [-0.39, 0.29) is 5.97 Å². The smallest absolute Gasteiger partial charge is 0.319 e. The molecular weight excluding hydrogens is 186 g/mol. The third-order valence-corrected chi connectivity index (χ3v) is 2.22. The molecule has 0 atom stereocenters. The van der Waals surface area contributed by atoms with Crippen molar-refractivity contribution in [1.82, 2.24) is 0 Å². The lowest BCUT2D eigenvalue weighted by molar-refractivity contribution is -0.140. The minimum atomic E-state index is -0.384. The Morgan fingerprint density at radius 3 is 2.92 bits per heavy atom. The van der Waals surface area contributed by atoms with E-state index in [9.17, 15) is 4.79 Å². The van der Waals surface area contributed by atoms with Crippen molar-refractivity contribution in [2.75, 3.05) is 0 Å². The van der Waals surface area contributed by atoms with Crippen LogP contribution < -0.4 is 0 Å². The zero-order valence-corrected chi connectivity index (χ0v) is 8.43. The van der Waals surface area contributed by atoms with Crippen LogP contribution in [-0.2, 0) is 16.1 Å². The highest BCUT2D eigenvalue weighted by Gasteiger charge is 1.98. The van der Waals surface area contributed by atoms with E-state index in [1.807, 2.05) is 24.4 Å². The predicted molar refractivity (Wildman–Crippen MR) is 52.9 cm³/mol. The van der Waals surface area contributed by atoms with Crippen LogP contribution >= 0.6 is 11.3 Å². The molecule has 0 spiro atoms. The number of hydrogen-bond acceptors (Lipinski definition) is 4. The molecule has 0 aliphatic rings. The molecule has 0 radical (unpaired) electrons. The second-order valence-corrected chi connectivity index (χ2v) is 3.70. The molecule has 0 aliphatic carbocycles. The van der Waals surface area contributed by atoms with Gasteiger partial charge in [0.1, 0.15) is 0 Å². The number of rotatable bonds is 3. The van der Waals surface area contributed by atoms with Crippen LogP contribution in [0.2, 0.25) is 0 Å². The molecule has 0 fully saturated rings. The highest BCUT2D eigenvalue weighted by Crippen LogP contribution is 2.09. The van der Waals surface area contributed by atoms with Gasteiger partial charge in [0, 0.05) is 18.2 Å². The molecule has 4 heteroatoms. The monoisotopic (exact) mass is 197 g/mol. The molecule has 3 nitrogen and oxygen atoms in total. The first kappa shape index (κ1) is 9.92. The molecule has 1 heterocycles. The van der Waals surface area contributed by atoms with Crippen molar-refractivity contribution < 1.29 is 9.63 Å². The minimum Gasteiger partial charge on any atom is -0.319 e. The van der Waals surface area contributed by atoms with Crippen molar-refractivity contribution in [3.05, 3.63) is 22.4 Å². The lowest BCUT2D eigenvalue weighted by Gasteiger charge is -1.96. The Morgan fingerprint density at radius 2 is 2.38 bits per heavy atom. The third-order valence-electron chi connectivity index (χ3n) is 1.34. The molecule has 0 saturated carbocycles. The third kappa shape index (κ3) is 3.85. The van der Waals surface area contributed by atoms with Crippen molar-refractivity contribution in [2.24, 2.45) is 5.16 Å². The fourth-order valence-electron chi connectivity index (χ4n) is 0.840. The van der Waals surface area contributed by atoms with Gasteiger partial charge in [0.25, 0.3) is 0 Å². The molecule has 0 saturated heterocycles. The van der Waals surface area contributed by atoms with Crippen molar-refractivity contribution in [2.45, 2.75) is 20.3 Å². The van der Waals surface area contributed by atoms with Gasteiger partial charge in [-0.3, -0.25) is 0 Å². The van der Waals surface area contributed by atoms with Crippen LogP contribution in [0.15, 0.2) is 22.7 Å². The molecule has 0 amide bonds. The van der Waals surface area contributed by atoms with Gasteiger partial charge in [-0.15, -0.1) is 11.3 Å². The second-order valence-electron chi connectivity index (χ2n) is 2.67. The van der Waals surface area contributed by atoms with Crippen molar-refractivity contribution in [1.29, 1.82) is 0 Å². The lowest BCUT2D eigenvalue weighted by atomic mass is 10.2. The van der Waals surface area contributed by atoms with Crippen LogP contribution in [0.5, 0.6) is 0 Å². The van der Waals surface area contributed by atoms with Crippen LogP contribution in [0, 0.1) is 0 Å². The molecule has 13 heavy (non-hydrogen) atoms. The number of carbonyl (C=O) groups is 1. The van der Waals surface area contributed by atoms with Crippen LogP contribution in [-0.4, -0.2) is 11.7 Å². The summed E-state index contributed by atoms with van der Waals surface area (Å²) in [6.45, 7) is 3.17. The Balaban J connectivity index is 2.45. The van der Waals surface area contributed by atoms with Crippen LogP contribution in [0.3, 0.4) is 0 Å².